The number of aromatic nitrogens is 2. The van der Waals surface area contributed by atoms with E-state index >= 15 is 0 Å². The molecule has 0 saturated carbocycles. The second-order valence-corrected chi connectivity index (χ2v) is 6.96. The Kier molecular flexibility index (Phi) is 4.87. The molecule has 0 unspecified atom stereocenters. The van der Waals surface area contributed by atoms with E-state index in [1.807, 2.05) is 0 Å². The fourth-order valence-electron chi connectivity index (χ4n) is 3.14. The number of hydrogen-bond donors (Lipinski definition) is 2. The van der Waals surface area contributed by atoms with Crippen LogP contribution in [0.5, 0.6) is 0 Å². The number of anilines is 1. The average Bonchev–Trinajstić information content (AvgIpc) is 2.78. The van der Waals surface area contributed by atoms with Crippen molar-refractivity contribution < 1.29 is 14.7 Å². The van der Waals surface area contributed by atoms with Gasteiger partial charge in [-0.15, -0.1) is 0 Å². The van der Waals surface area contributed by atoms with Gasteiger partial charge in [0.2, 0.25) is 5.95 Å². The van der Waals surface area contributed by atoms with Crippen LogP contribution in [0.3, 0.4) is 0 Å². The molecule has 25 heavy (non-hydrogen) atoms. The molecule has 9 heteroatoms. The number of carbonyl (C=O) groups is 2. The zero-order chi connectivity index (χ0) is 18.0. The summed E-state index contributed by atoms with van der Waals surface area (Å²) in [5.41, 5.74) is -0.905. The minimum atomic E-state index is -0.905. The van der Waals surface area contributed by atoms with Crippen LogP contribution < -0.4 is 10.2 Å². The number of carbonyl (C=O) groups excluding carboxylic acids is 2. The summed E-state index contributed by atoms with van der Waals surface area (Å²) in [7, 11) is 0. The molecule has 2 saturated heterocycles. The number of urea groups is 1. The average molecular weight is 348 g/mol. The van der Waals surface area contributed by atoms with Crippen LogP contribution in [0.25, 0.3) is 0 Å². The lowest BCUT2D eigenvalue weighted by molar-refractivity contribution is -0.131. The number of rotatable bonds is 5. The van der Waals surface area contributed by atoms with Gasteiger partial charge in [0.05, 0.1) is 12.6 Å². The lowest BCUT2D eigenvalue weighted by atomic mass is 10.1. The molecule has 0 aromatic carbocycles. The van der Waals surface area contributed by atoms with Gasteiger partial charge in [-0.1, -0.05) is 0 Å². The van der Waals surface area contributed by atoms with Gasteiger partial charge < -0.3 is 15.3 Å². The Balaban J connectivity index is 1.48. The Hall–Kier alpha value is -2.26. The minimum Gasteiger partial charge on any atom is -0.390 e. The van der Waals surface area contributed by atoms with Crippen molar-refractivity contribution in [3.8, 4) is 0 Å². The van der Waals surface area contributed by atoms with Crippen LogP contribution in [0.1, 0.15) is 13.8 Å². The van der Waals surface area contributed by atoms with Crippen LogP contribution in [-0.4, -0.2) is 87.7 Å². The van der Waals surface area contributed by atoms with Crippen LogP contribution >= 0.6 is 0 Å². The number of aliphatic hydroxyl groups is 1. The topological polar surface area (TPSA) is 102 Å². The van der Waals surface area contributed by atoms with E-state index in [-0.39, 0.29) is 12.5 Å². The highest BCUT2D eigenvalue weighted by Crippen LogP contribution is 2.17. The molecule has 1 aromatic rings. The van der Waals surface area contributed by atoms with E-state index in [0.29, 0.717) is 12.5 Å². The van der Waals surface area contributed by atoms with Gasteiger partial charge in [0.15, 0.2) is 0 Å². The molecule has 0 radical (unpaired) electrons. The van der Waals surface area contributed by atoms with E-state index in [9.17, 15) is 14.7 Å². The summed E-state index contributed by atoms with van der Waals surface area (Å²) in [6, 6.07) is 1.34. The molecule has 2 aliphatic rings. The summed E-state index contributed by atoms with van der Waals surface area (Å²) in [6.45, 7) is 6.81. The van der Waals surface area contributed by atoms with Crippen molar-refractivity contribution in [3.05, 3.63) is 18.5 Å². The maximum absolute atomic E-state index is 12.2. The number of aliphatic hydroxyl groups excluding tert-OH is 1. The number of nitrogens with one attached hydrogen (secondary N) is 1. The molecule has 0 spiro atoms. The zero-order valence-corrected chi connectivity index (χ0v) is 14.6. The van der Waals surface area contributed by atoms with Crippen molar-refractivity contribution in [2.75, 3.05) is 44.2 Å². The molecular formula is C16H24N6O3. The van der Waals surface area contributed by atoms with Gasteiger partial charge in [0.25, 0.3) is 5.91 Å². The van der Waals surface area contributed by atoms with Crippen LogP contribution in [0.4, 0.5) is 10.7 Å². The fraction of sp³-hybridized carbons (Fsp3) is 0.625. The van der Waals surface area contributed by atoms with Gasteiger partial charge in [-0.25, -0.2) is 14.8 Å². The van der Waals surface area contributed by atoms with Crippen LogP contribution in [0.15, 0.2) is 18.5 Å². The third kappa shape index (κ3) is 3.88. The Labute approximate surface area is 146 Å². The first kappa shape index (κ1) is 17.6. The Morgan fingerprint density at radius 2 is 1.80 bits per heavy atom. The predicted molar refractivity (Wildman–Crippen MR) is 91.0 cm³/mol. The summed E-state index contributed by atoms with van der Waals surface area (Å²) in [5, 5.41) is 12.9. The summed E-state index contributed by atoms with van der Waals surface area (Å²) in [6.07, 6.45) is 2.67. The molecule has 3 rings (SSSR count). The SMILES string of the molecule is CC1(C)NC(=O)N(C[C@H](O)CN2CCN(c3ncccn3)CC2)C1=O. The monoisotopic (exact) mass is 348 g/mol. The molecule has 0 aliphatic carbocycles. The van der Waals surface area contributed by atoms with Crippen LogP contribution in [0.2, 0.25) is 0 Å². The van der Waals surface area contributed by atoms with Gasteiger partial charge in [-0.05, 0) is 19.9 Å². The standard InChI is InChI=1S/C16H24N6O3/c1-16(2)13(24)22(15(25)19-16)11-12(23)10-20-6-8-21(9-7-20)14-17-4-3-5-18-14/h3-5,12,23H,6-11H2,1-2H3,(H,19,25)/t12-/m1/s1. The van der Waals surface area contributed by atoms with Crippen molar-refractivity contribution >= 4 is 17.9 Å². The lowest BCUT2D eigenvalue weighted by Gasteiger charge is -2.35. The fourth-order valence-corrected chi connectivity index (χ4v) is 3.14. The number of imide groups is 1. The Morgan fingerprint density at radius 1 is 1.16 bits per heavy atom. The Bertz CT molecular complexity index is 630. The number of β-amino-alcohol motifs (C(OH)–C–C–N with tert-alkyl or cyclic N) is 1. The summed E-state index contributed by atoms with van der Waals surface area (Å²) in [4.78, 5) is 37.8. The molecule has 3 amide bonds. The maximum atomic E-state index is 12.2. The molecule has 1 aromatic heterocycles. The third-order valence-electron chi connectivity index (χ3n) is 4.51. The highest BCUT2D eigenvalue weighted by molar-refractivity contribution is 6.06. The predicted octanol–water partition coefficient (Wildman–Crippen LogP) is -0.710. The molecule has 2 aliphatic heterocycles. The van der Waals surface area contributed by atoms with Crippen LogP contribution in [-0.2, 0) is 4.79 Å². The van der Waals surface area contributed by atoms with Crippen molar-refractivity contribution in [1.29, 1.82) is 0 Å². The van der Waals surface area contributed by atoms with Gasteiger partial charge in [0.1, 0.15) is 5.54 Å². The number of nitrogens with zero attached hydrogens (tertiary/aromatic N) is 5. The molecule has 9 nitrogen and oxygen atoms in total. The summed E-state index contributed by atoms with van der Waals surface area (Å²) >= 11 is 0. The number of piperazine rings is 1. The number of hydrogen-bond acceptors (Lipinski definition) is 7. The zero-order valence-electron chi connectivity index (χ0n) is 14.6. The van der Waals surface area contributed by atoms with E-state index in [1.165, 1.54) is 0 Å². The van der Waals surface area contributed by atoms with Crippen molar-refractivity contribution in [2.45, 2.75) is 25.5 Å². The first-order chi connectivity index (χ1) is 11.9. The maximum Gasteiger partial charge on any atom is 0.325 e. The van der Waals surface area contributed by atoms with Gasteiger partial charge in [-0.2, -0.15) is 0 Å². The molecule has 2 fully saturated rings. The van der Waals surface area contributed by atoms with Crippen molar-refractivity contribution in [2.24, 2.45) is 0 Å². The second kappa shape index (κ2) is 6.93. The largest absolute Gasteiger partial charge is 0.390 e. The van der Waals surface area contributed by atoms with Crippen LogP contribution in [0, 0.1) is 0 Å². The Morgan fingerprint density at radius 3 is 2.36 bits per heavy atom. The minimum absolute atomic E-state index is 0.0100. The second-order valence-electron chi connectivity index (χ2n) is 6.96. The molecule has 136 valence electrons. The van der Waals surface area contributed by atoms with Gasteiger partial charge >= 0.3 is 6.03 Å². The van der Waals surface area contributed by atoms with Gasteiger partial charge in [0, 0.05) is 45.1 Å². The normalized spacial score (nSPS) is 22.2. The first-order valence-electron chi connectivity index (χ1n) is 8.43. The summed E-state index contributed by atoms with van der Waals surface area (Å²) in [5.74, 6) is 0.409. The molecule has 1 atom stereocenters. The van der Waals surface area contributed by atoms with E-state index < -0.39 is 17.7 Å². The molecule has 2 N–H and O–H groups in total. The van der Waals surface area contributed by atoms with E-state index in [2.05, 4.69) is 25.1 Å². The molecule has 0 bridgehead atoms. The smallest absolute Gasteiger partial charge is 0.325 e. The molecule has 3 heterocycles. The first-order valence-corrected chi connectivity index (χ1v) is 8.43. The summed E-state index contributed by atoms with van der Waals surface area (Å²) < 4.78 is 0. The van der Waals surface area contributed by atoms with E-state index in [1.54, 1.807) is 32.3 Å². The highest BCUT2D eigenvalue weighted by Gasteiger charge is 2.44. The van der Waals surface area contributed by atoms with Crippen molar-refractivity contribution in [3.63, 3.8) is 0 Å². The van der Waals surface area contributed by atoms with Gasteiger partial charge in [-0.3, -0.25) is 14.6 Å². The number of amides is 3. The molecular weight excluding hydrogens is 324 g/mol. The van der Waals surface area contributed by atoms with E-state index in [0.717, 1.165) is 31.1 Å². The highest BCUT2D eigenvalue weighted by atomic mass is 16.3. The van der Waals surface area contributed by atoms with E-state index in [4.69, 9.17) is 0 Å². The quantitative estimate of drug-likeness (QED) is 0.678. The van der Waals surface area contributed by atoms with Crippen molar-refractivity contribution in [1.82, 2.24) is 25.1 Å². The third-order valence-corrected chi connectivity index (χ3v) is 4.51. The lowest BCUT2D eigenvalue weighted by Crippen LogP contribution is -2.51.